The summed E-state index contributed by atoms with van der Waals surface area (Å²) < 4.78 is 0. The van der Waals surface area contributed by atoms with Gasteiger partial charge in [0, 0.05) is 24.4 Å². The van der Waals surface area contributed by atoms with E-state index in [2.05, 4.69) is 10.2 Å². The number of rotatable bonds is 13. The summed E-state index contributed by atoms with van der Waals surface area (Å²) in [6.45, 7) is 8.29. The molecule has 222 valence electrons. The number of hydrogen-bond donors (Lipinski definition) is 1. The van der Waals surface area contributed by atoms with E-state index in [1.165, 1.54) is 12.1 Å². The predicted molar refractivity (Wildman–Crippen MR) is 161 cm³/mol. The van der Waals surface area contributed by atoms with Gasteiger partial charge in [0.1, 0.15) is 5.78 Å². The number of hydrogen-bond acceptors (Lipinski definition) is 7. The second-order valence-electron chi connectivity index (χ2n) is 11.0. The number of amides is 2. The summed E-state index contributed by atoms with van der Waals surface area (Å²) in [6.07, 6.45) is 4.22. The van der Waals surface area contributed by atoms with Gasteiger partial charge in [-0.2, -0.15) is 0 Å². The van der Waals surface area contributed by atoms with Gasteiger partial charge < -0.3 is 15.1 Å². The Labute approximate surface area is 246 Å². The van der Waals surface area contributed by atoms with Crippen LogP contribution in [0, 0.1) is 10.1 Å². The van der Waals surface area contributed by atoms with E-state index in [1.54, 1.807) is 24.0 Å². The average molecular weight is 574 g/mol. The first kappa shape index (κ1) is 30.8. The minimum atomic E-state index is -0.503. The predicted octanol–water partition coefficient (Wildman–Crippen LogP) is 4.36. The number of likely N-dealkylation sites (tertiary alicyclic amines) is 1. The Morgan fingerprint density at radius 1 is 1.14 bits per heavy atom. The molecule has 0 saturated carbocycles. The van der Waals surface area contributed by atoms with Crippen molar-refractivity contribution in [2.24, 2.45) is 4.99 Å². The zero-order valence-electron chi connectivity index (χ0n) is 24.5. The highest BCUT2D eigenvalue weighted by atomic mass is 16.6. The Bertz CT molecular complexity index is 1350. The quantitative estimate of drug-likeness (QED) is 0.216. The highest BCUT2D eigenvalue weighted by Crippen LogP contribution is 2.39. The van der Waals surface area contributed by atoms with Crippen LogP contribution in [-0.4, -0.2) is 71.3 Å². The number of nitro benzene ring substituents is 1. The molecule has 1 fully saturated rings. The smallest absolute Gasteiger partial charge is 0.269 e. The van der Waals surface area contributed by atoms with Crippen LogP contribution in [0.1, 0.15) is 63.5 Å². The van der Waals surface area contributed by atoms with Crippen molar-refractivity contribution in [2.45, 2.75) is 63.8 Å². The van der Waals surface area contributed by atoms with Crippen LogP contribution in [0.3, 0.4) is 0 Å². The first-order chi connectivity index (χ1) is 20.2. The maximum Gasteiger partial charge on any atom is 0.269 e. The van der Waals surface area contributed by atoms with Gasteiger partial charge in [-0.1, -0.05) is 49.4 Å². The number of benzene rings is 2. The summed E-state index contributed by atoms with van der Waals surface area (Å²) in [5.41, 5.74) is 3.49. The number of Topliss-reactive ketones (excluding diaryl/α,β-unsaturated/α-hetero) is 1. The van der Waals surface area contributed by atoms with Crippen LogP contribution in [0.4, 0.5) is 5.69 Å². The molecule has 10 nitrogen and oxygen atoms in total. The van der Waals surface area contributed by atoms with Gasteiger partial charge in [-0.3, -0.25) is 29.5 Å². The number of ketones is 1. The average Bonchev–Trinajstić information content (AvgIpc) is 3.01. The number of nitrogens with one attached hydrogen (secondary N) is 1. The molecule has 2 aromatic rings. The topological polar surface area (TPSA) is 125 Å². The molecule has 4 rings (SSSR count). The standard InChI is InChI=1S/C32H39N5O5/c1-4-28-31(29(30(33-21-38)23(2)34-28)25-11-13-27(14-12-25)37(41)42)36(22-39)18-8-17-35-19-15-32(16-20-35,24(3)40)26-9-6-5-7-10-26/h5-7,9-14,21-22,29-30H,4,8,15-20H2,1-3H3,(H,33,38). The second kappa shape index (κ2) is 13.7. The van der Waals surface area contributed by atoms with Crippen molar-refractivity contribution in [3.05, 3.63) is 87.2 Å². The van der Waals surface area contributed by atoms with E-state index in [9.17, 15) is 24.5 Å². The molecule has 42 heavy (non-hydrogen) atoms. The molecule has 2 amide bonds. The summed E-state index contributed by atoms with van der Waals surface area (Å²) in [5, 5.41) is 14.1. The molecule has 2 heterocycles. The van der Waals surface area contributed by atoms with Gasteiger partial charge in [-0.05, 0) is 70.3 Å². The lowest BCUT2D eigenvalue weighted by atomic mass is 9.70. The van der Waals surface area contributed by atoms with Gasteiger partial charge >= 0.3 is 0 Å². The molecule has 0 bridgehead atoms. The molecule has 1 N–H and O–H groups in total. The van der Waals surface area contributed by atoms with E-state index in [0.29, 0.717) is 37.2 Å². The number of non-ortho nitro benzene ring substituents is 1. The van der Waals surface area contributed by atoms with Crippen molar-refractivity contribution < 1.29 is 19.3 Å². The van der Waals surface area contributed by atoms with E-state index < -0.39 is 22.3 Å². The van der Waals surface area contributed by atoms with E-state index in [4.69, 9.17) is 4.99 Å². The van der Waals surface area contributed by atoms with E-state index in [1.807, 2.05) is 44.2 Å². The fourth-order valence-corrected chi connectivity index (χ4v) is 6.42. The number of aliphatic imine (C=N–C) groups is 1. The maximum absolute atomic E-state index is 12.8. The van der Waals surface area contributed by atoms with Crippen molar-refractivity contribution >= 4 is 30.0 Å². The molecule has 10 heteroatoms. The Morgan fingerprint density at radius 2 is 1.81 bits per heavy atom. The number of nitro groups is 1. The monoisotopic (exact) mass is 573 g/mol. The zero-order chi connectivity index (χ0) is 30.3. The van der Waals surface area contributed by atoms with E-state index >= 15 is 0 Å². The molecule has 0 aliphatic carbocycles. The van der Waals surface area contributed by atoms with Crippen molar-refractivity contribution in [3.8, 4) is 0 Å². The molecular formula is C32H39N5O5. The van der Waals surface area contributed by atoms with Crippen LogP contribution in [0.2, 0.25) is 0 Å². The largest absolute Gasteiger partial charge is 0.350 e. The number of carbonyl (C=O) groups excluding carboxylic acids is 3. The first-order valence-electron chi connectivity index (χ1n) is 14.5. The van der Waals surface area contributed by atoms with Crippen LogP contribution in [0.25, 0.3) is 0 Å². The summed E-state index contributed by atoms with van der Waals surface area (Å²) in [7, 11) is 0. The molecule has 1 saturated heterocycles. The third kappa shape index (κ3) is 6.33. The van der Waals surface area contributed by atoms with E-state index in [-0.39, 0.29) is 11.5 Å². The summed E-state index contributed by atoms with van der Waals surface area (Å²) in [5.74, 6) is -0.242. The van der Waals surface area contributed by atoms with Gasteiger partial charge in [-0.25, -0.2) is 0 Å². The molecule has 2 aromatic carbocycles. The Morgan fingerprint density at radius 3 is 2.36 bits per heavy atom. The first-order valence-corrected chi connectivity index (χ1v) is 14.5. The Kier molecular flexibility index (Phi) is 10.0. The number of nitrogens with zero attached hydrogens (tertiary/aromatic N) is 4. The number of allylic oxidation sites excluding steroid dienone is 1. The Balaban J connectivity index is 1.51. The Hall–Kier alpha value is -4.18. The third-order valence-corrected chi connectivity index (χ3v) is 8.75. The molecule has 0 spiro atoms. The lowest BCUT2D eigenvalue weighted by molar-refractivity contribution is -0.384. The third-order valence-electron chi connectivity index (χ3n) is 8.75. The summed E-state index contributed by atoms with van der Waals surface area (Å²) in [4.78, 5) is 56.5. The van der Waals surface area contributed by atoms with Gasteiger partial charge in [0.15, 0.2) is 0 Å². The van der Waals surface area contributed by atoms with E-state index in [0.717, 1.165) is 55.7 Å². The van der Waals surface area contributed by atoms with Crippen molar-refractivity contribution in [2.75, 3.05) is 26.2 Å². The van der Waals surface area contributed by atoms with Gasteiger partial charge in [0.05, 0.1) is 33.7 Å². The number of piperidine rings is 1. The van der Waals surface area contributed by atoms with Crippen molar-refractivity contribution in [3.63, 3.8) is 0 Å². The second-order valence-corrected chi connectivity index (χ2v) is 11.0. The SMILES string of the molecule is CCC1=C(N(C=O)CCCN2CCC(C(C)=O)(c3ccccc3)CC2)C(c2ccc([N+](=O)[O-])cc2)C(NC=O)C(C)=N1. The minimum Gasteiger partial charge on any atom is -0.350 e. The van der Waals surface area contributed by atoms with Gasteiger partial charge in [0.2, 0.25) is 12.8 Å². The van der Waals surface area contributed by atoms with Crippen LogP contribution in [0.5, 0.6) is 0 Å². The van der Waals surface area contributed by atoms with Crippen LogP contribution in [-0.2, 0) is 19.8 Å². The molecule has 0 radical (unpaired) electrons. The van der Waals surface area contributed by atoms with Crippen LogP contribution < -0.4 is 5.32 Å². The van der Waals surface area contributed by atoms with Crippen LogP contribution >= 0.6 is 0 Å². The normalized spacial score (nSPS) is 20.4. The molecule has 2 atom stereocenters. The zero-order valence-corrected chi connectivity index (χ0v) is 24.5. The molecular weight excluding hydrogens is 534 g/mol. The lowest BCUT2D eigenvalue weighted by Gasteiger charge is -2.41. The number of carbonyl (C=O) groups is 3. The fraction of sp³-hybridized carbons (Fsp3) is 0.438. The molecule has 0 aromatic heterocycles. The van der Waals surface area contributed by atoms with Gasteiger partial charge in [-0.15, -0.1) is 0 Å². The van der Waals surface area contributed by atoms with Gasteiger partial charge in [0.25, 0.3) is 5.69 Å². The maximum atomic E-state index is 12.8. The molecule has 2 aliphatic heterocycles. The van der Waals surface area contributed by atoms with Crippen LogP contribution in [0.15, 0.2) is 71.0 Å². The molecule has 2 aliphatic rings. The summed E-state index contributed by atoms with van der Waals surface area (Å²) in [6, 6.07) is 15.7. The fourth-order valence-electron chi connectivity index (χ4n) is 6.42. The lowest BCUT2D eigenvalue weighted by Crippen LogP contribution is -2.47. The highest BCUT2D eigenvalue weighted by molar-refractivity contribution is 5.92. The molecule has 2 unspecified atom stereocenters. The van der Waals surface area contributed by atoms with Crippen molar-refractivity contribution in [1.29, 1.82) is 0 Å². The van der Waals surface area contributed by atoms with Crippen molar-refractivity contribution in [1.82, 2.24) is 15.1 Å². The highest BCUT2D eigenvalue weighted by Gasteiger charge is 2.40. The minimum absolute atomic E-state index is 0.0316. The summed E-state index contributed by atoms with van der Waals surface area (Å²) >= 11 is 0.